The Morgan fingerprint density at radius 2 is 2.33 bits per heavy atom. The Morgan fingerprint density at radius 1 is 1.47 bits per heavy atom. The summed E-state index contributed by atoms with van der Waals surface area (Å²) < 4.78 is 14.9. The van der Waals surface area contributed by atoms with Gasteiger partial charge in [0.05, 0.1) is 11.0 Å². The number of imidazole rings is 2. The number of benzene rings is 1. The van der Waals surface area contributed by atoms with Gasteiger partial charge < -0.3 is 10.7 Å². The van der Waals surface area contributed by atoms with Crippen LogP contribution in [0.4, 0.5) is 4.39 Å². The van der Waals surface area contributed by atoms with E-state index >= 15 is 0 Å². The zero-order chi connectivity index (χ0) is 10.4. The van der Waals surface area contributed by atoms with Crippen molar-refractivity contribution in [1.29, 1.82) is 0 Å². The molecule has 0 atom stereocenters. The Morgan fingerprint density at radius 3 is 3.13 bits per heavy atom. The minimum Gasteiger partial charge on any atom is -0.326 e. The van der Waals surface area contributed by atoms with Crippen LogP contribution < -0.4 is 5.73 Å². The molecule has 0 amide bonds. The summed E-state index contributed by atoms with van der Waals surface area (Å²) in [4.78, 5) is 7.37. The van der Waals surface area contributed by atoms with E-state index in [0.29, 0.717) is 12.3 Å². The normalized spacial score (nSPS) is 11.6. The van der Waals surface area contributed by atoms with Gasteiger partial charge in [0.1, 0.15) is 5.82 Å². The highest BCUT2D eigenvalue weighted by molar-refractivity contribution is 5.79. The van der Waals surface area contributed by atoms with E-state index in [0.717, 1.165) is 16.7 Å². The fourth-order valence-electron chi connectivity index (χ4n) is 1.72. The molecule has 15 heavy (non-hydrogen) atoms. The molecule has 4 nitrogen and oxygen atoms in total. The number of nitrogens with zero attached hydrogens (tertiary/aromatic N) is 2. The zero-order valence-electron chi connectivity index (χ0n) is 7.87. The number of aromatic amines is 1. The SMILES string of the molecule is NCc1cn2c(nc3ccc(F)cc32)[nH]1. The van der Waals surface area contributed by atoms with E-state index in [1.54, 1.807) is 10.5 Å². The van der Waals surface area contributed by atoms with Crippen LogP contribution in [0.25, 0.3) is 16.8 Å². The first-order valence-electron chi connectivity index (χ1n) is 4.63. The molecule has 2 heterocycles. The molecular weight excluding hydrogens is 195 g/mol. The number of rotatable bonds is 1. The molecule has 0 radical (unpaired) electrons. The molecule has 0 aliphatic heterocycles. The molecule has 0 fully saturated rings. The number of hydrogen-bond donors (Lipinski definition) is 2. The van der Waals surface area contributed by atoms with Gasteiger partial charge in [-0.25, -0.2) is 9.37 Å². The third kappa shape index (κ3) is 1.13. The van der Waals surface area contributed by atoms with Crippen LogP contribution in [0.5, 0.6) is 0 Å². The van der Waals surface area contributed by atoms with Crippen LogP contribution in [0.1, 0.15) is 5.69 Å². The zero-order valence-corrected chi connectivity index (χ0v) is 7.87. The molecule has 0 saturated carbocycles. The molecule has 3 N–H and O–H groups in total. The Balaban J connectivity index is 2.42. The fourth-order valence-corrected chi connectivity index (χ4v) is 1.72. The number of nitrogens with two attached hydrogens (primary N) is 1. The van der Waals surface area contributed by atoms with Gasteiger partial charge in [-0.2, -0.15) is 0 Å². The lowest BCUT2D eigenvalue weighted by Crippen LogP contribution is -1.95. The Kier molecular flexibility index (Phi) is 1.58. The summed E-state index contributed by atoms with van der Waals surface area (Å²) in [5, 5.41) is 0. The van der Waals surface area contributed by atoms with E-state index < -0.39 is 0 Å². The lowest BCUT2D eigenvalue weighted by molar-refractivity contribution is 0.629. The molecule has 1 aromatic carbocycles. The molecule has 3 rings (SSSR count). The molecular formula is C10H9FN4. The second-order valence-electron chi connectivity index (χ2n) is 3.42. The summed E-state index contributed by atoms with van der Waals surface area (Å²) >= 11 is 0. The standard InChI is InChI=1S/C10H9FN4/c11-6-1-2-8-9(3-6)15-5-7(4-12)13-10(15)14-8/h1-3,5H,4,12H2,(H,13,14). The van der Waals surface area contributed by atoms with Crippen LogP contribution >= 0.6 is 0 Å². The highest BCUT2D eigenvalue weighted by Crippen LogP contribution is 2.17. The van der Waals surface area contributed by atoms with Crippen molar-refractivity contribution < 1.29 is 4.39 Å². The third-order valence-corrected chi connectivity index (χ3v) is 2.43. The Labute approximate surface area is 84.5 Å². The van der Waals surface area contributed by atoms with Crippen LogP contribution in [0.15, 0.2) is 24.4 Å². The van der Waals surface area contributed by atoms with E-state index in [1.807, 2.05) is 6.20 Å². The van der Waals surface area contributed by atoms with Crippen molar-refractivity contribution in [2.24, 2.45) is 5.73 Å². The van der Waals surface area contributed by atoms with Crippen molar-refractivity contribution in [3.63, 3.8) is 0 Å². The first kappa shape index (κ1) is 8.43. The lowest BCUT2D eigenvalue weighted by Gasteiger charge is -1.90. The fraction of sp³-hybridized carbons (Fsp3) is 0.100. The van der Waals surface area contributed by atoms with Crippen LogP contribution in [-0.4, -0.2) is 14.4 Å². The molecule has 0 saturated heterocycles. The van der Waals surface area contributed by atoms with Crippen molar-refractivity contribution >= 4 is 16.8 Å². The molecule has 76 valence electrons. The third-order valence-electron chi connectivity index (χ3n) is 2.43. The summed E-state index contributed by atoms with van der Waals surface area (Å²) in [5.74, 6) is 0.427. The monoisotopic (exact) mass is 204 g/mol. The molecule has 0 spiro atoms. The largest absolute Gasteiger partial charge is 0.326 e. The van der Waals surface area contributed by atoms with Crippen LogP contribution in [0, 0.1) is 5.82 Å². The maximum Gasteiger partial charge on any atom is 0.212 e. The number of halogens is 1. The molecule has 0 bridgehead atoms. The van der Waals surface area contributed by atoms with Gasteiger partial charge in [-0.1, -0.05) is 0 Å². The van der Waals surface area contributed by atoms with Crippen molar-refractivity contribution in [2.75, 3.05) is 0 Å². The molecule has 0 unspecified atom stereocenters. The van der Waals surface area contributed by atoms with E-state index in [-0.39, 0.29) is 5.82 Å². The van der Waals surface area contributed by atoms with Gasteiger partial charge in [-0.15, -0.1) is 0 Å². The smallest absolute Gasteiger partial charge is 0.212 e. The molecule has 3 aromatic rings. The highest BCUT2D eigenvalue weighted by atomic mass is 19.1. The number of H-pyrrole nitrogens is 1. The van der Waals surface area contributed by atoms with Crippen molar-refractivity contribution in [3.8, 4) is 0 Å². The maximum absolute atomic E-state index is 13.1. The van der Waals surface area contributed by atoms with E-state index in [4.69, 9.17) is 5.73 Å². The summed E-state index contributed by atoms with van der Waals surface area (Å²) in [7, 11) is 0. The van der Waals surface area contributed by atoms with Gasteiger partial charge in [0.25, 0.3) is 0 Å². The maximum atomic E-state index is 13.1. The van der Waals surface area contributed by atoms with Gasteiger partial charge in [0.15, 0.2) is 0 Å². The van der Waals surface area contributed by atoms with E-state index in [2.05, 4.69) is 9.97 Å². The van der Waals surface area contributed by atoms with Crippen molar-refractivity contribution in [2.45, 2.75) is 6.54 Å². The summed E-state index contributed by atoms with van der Waals surface area (Å²) in [6.45, 7) is 0.417. The first-order chi connectivity index (χ1) is 7.28. The van der Waals surface area contributed by atoms with Gasteiger partial charge in [-0.05, 0) is 12.1 Å². The molecule has 0 aliphatic carbocycles. The van der Waals surface area contributed by atoms with Gasteiger partial charge in [0, 0.05) is 24.5 Å². The average Bonchev–Trinajstić information content (AvgIpc) is 2.75. The van der Waals surface area contributed by atoms with Gasteiger partial charge in [-0.3, -0.25) is 4.40 Å². The topological polar surface area (TPSA) is 59.1 Å². The second kappa shape index (κ2) is 2.80. The van der Waals surface area contributed by atoms with Gasteiger partial charge in [0.2, 0.25) is 5.78 Å². The molecule has 5 heteroatoms. The summed E-state index contributed by atoms with van der Waals surface area (Å²) in [5.41, 5.74) is 7.90. The van der Waals surface area contributed by atoms with Crippen molar-refractivity contribution in [3.05, 3.63) is 35.9 Å². The van der Waals surface area contributed by atoms with Crippen LogP contribution in [-0.2, 0) is 6.54 Å². The second-order valence-corrected chi connectivity index (χ2v) is 3.42. The number of hydrogen-bond acceptors (Lipinski definition) is 2. The summed E-state index contributed by atoms with van der Waals surface area (Å²) in [6.07, 6.45) is 1.84. The molecule has 0 aliphatic rings. The predicted octanol–water partition coefficient (Wildman–Crippen LogP) is 1.41. The van der Waals surface area contributed by atoms with E-state index in [1.165, 1.54) is 12.1 Å². The highest BCUT2D eigenvalue weighted by Gasteiger charge is 2.07. The Hall–Kier alpha value is -1.88. The van der Waals surface area contributed by atoms with E-state index in [9.17, 15) is 4.39 Å². The van der Waals surface area contributed by atoms with Crippen molar-refractivity contribution in [1.82, 2.24) is 14.4 Å². The minimum absolute atomic E-state index is 0.264. The minimum atomic E-state index is -0.264. The number of fused-ring (bicyclic) bond motifs is 3. The predicted molar refractivity (Wildman–Crippen MR) is 54.9 cm³/mol. The quantitative estimate of drug-likeness (QED) is 0.629. The summed E-state index contributed by atoms with van der Waals surface area (Å²) in [6, 6.07) is 4.52. The lowest BCUT2D eigenvalue weighted by atomic mass is 10.3. The van der Waals surface area contributed by atoms with Crippen LogP contribution in [0.3, 0.4) is 0 Å². The average molecular weight is 204 g/mol. The first-order valence-corrected chi connectivity index (χ1v) is 4.63. The number of aromatic nitrogens is 3. The molecule has 2 aromatic heterocycles. The van der Waals surface area contributed by atoms with Gasteiger partial charge >= 0.3 is 0 Å². The Bertz CT molecular complexity index is 637. The van der Waals surface area contributed by atoms with Crippen LogP contribution in [0.2, 0.25) is 0 Å². The number of nitrogens with one attached hydrogen (secondary N) is 1.